The molecule has 1 heterocycles. The Balaban J connectivity index is 1.80. The fourth-order valence-corrected chi connectivity index (χ4v) is 3.09. The van der Waals surface area contributed by atoms with Gasteiger partial charge >= 0.3 is 5.97 Å². The third kappa shape index (κ3) is 3.51. The Kier molecular flexibility index (Phi) is 4.76. The van der Waals surface area contributed by atoms with E-state index in [9.17, 15) is 14.4 Å². The summed E-state index contributed by atoms with van der Waals surface area (Å²) in [5, 5.41) is 12.1. The third-order valence-electron chi connectivity index (χ3n) is 3.93. The quantitative estimate of drug-likeness (QED) is 0.633. The van der Waals surface area contributed by atoms with E-state index in [-0.39, 0.29) is 29.5 Å². The molecule has 0 bridgehead atoms. The minimum atomic E-state index is -1.11. The lowest BCUT2D eigenvalue weighted by Crippen LogP contribution is -2.34. The van der Waals surface area contributed by atoms with Crippen molar-refractivity contribution in [1.82, 2.24) is 0 Å². The number of amides is 2. The maximum Gasteiger partial charge on any atom is 0.335 e. The number of carboxylic acids is 1. The molecule has 6 nitrogen and oxygen atoms in total. The van der Waals surface area contributed by atoms with Crippen molar-refractivity contribution in [1.29, 1.82) is 0 Å². The number of aromatic carboxylic acids is 1. The highest BCUT2D eigenvalue weighted by Crippen LogP contribution is 2.26. The number of carbonyl (C=O) groups excluding carboxylic acids is 2. The summed E-state index contributed by atoms with van der Waals surface area (Å²) < 4.78 is 0. The van der Waals surface area contributed by atoms with Crippen LogP contribution in [0, 0.1) is 0 Å². The molecule has 1 unspecified atom stereocenters. The van der Waals surface area contributed by atoms with Crippen LogP contribution in [-0.2, 0) is 9.59 Å². The topological polar surface area (TPSA) is 86.7 Å². The second kappa shape index (κ2) is 6.98. The molecule has 0 spiro atoms. The zero-order chi connectivity index (χ0) is 18.0. The standard InChI is InChI=1S/C18H16N2O4S/c1-25-14-7-5-12(6-8-14)19-15-10-16(21)20(17(15)22)13-4-2-3-11(9-13)18(23)24/h2-9,15,19H,10H2,1H3,(H,23,24). The number of hydrogen-bond acceptors (Lipinski definition) is 5. The van der Waals surface area contributed by atoms with Crippen LogP contribution < -0.4 is 10.2 Å². The number of imide groups is 1. The Bertz CT molecular complexity index is 835. The summed E-state index contributed by atoms with van der Waals surface area (Å²) in [5.41, 5.74) is 1.06. The Hall–Kier alpha value is -2.80. The van der Waals surface area contributed by atoms with Gasteiger partial charge in [0.15, 0.2) is 0 Å². The van der Waals surface area contributed by atoms with Crippen LogP contribution >= 0.6 is 11.8 Å². The second-order valence-electron chi connectivity index (χ2n) is 5.55. The lowest BCUT2D eigenvalue weighted by Gasteiger charge is -2.16. The zero-order valence-electron chi connectivity index (χ0n) is 13.4. The number of carbonyl (C=O) groups is 3. The van der Waals surface area contributed by atoms with Gasteiger partial charge in [-0.1, -0.05) is 6.07 Å². The average molecular weight is 356 g/mol. The Morgan fingerprint density at radius 2 is 1.92 bits per heavy atom. The van der Waals surface area contributed by atoms with E-state index in [0.29, 0.717) is 0 Å². The number of thioether (sulfide) groups is 1. The van der Waals surface area contributed by atoms with E-state index in [4.69, 9.17) is 5.11 Å². The molecule has 1 fully saturated rings. The van der Waals surface area contributed by atoms with E-state index in [0.717, 1.165) is 15.5 Å². The van der Waals surface area contributed by atoms with Crippen LogP contribution in [0.5, 0.6) is 0 Å². The normalized spacial score (nSPS) is 17.0. The highest BCUT2D eigenvalue weighted by atomic mass is 32.2. The van der Waals surface area contributed by atoms with Gasteiger partial charge in [-0.05, 0) is 48.7 Å². The summed E-state index contributed by atoms with van der Waals surface area (Å²) in [6, 6.07) is 12.7. The molecule has 0 radical (unpaired) electrons. The van der Waals surface area contributed by atoms with Crippen LogP contribution in [0.1, 0.15) is 16.8 Å². The first-order valence-corrected chi connectivity index (χ1v) is 8.83. The molecule has 2 N–H and O–H groups in total. The van der Waals surface area contributed by atoms with E-state index in [1.54, 1.807) is 17.8 Å². The first kappa shape index (κ1) is 17.0. The summed E-state index contributed by atoms with van der Waals surface area (Å²) in [7, 11) is 0. The molecule has 7 heteroatoms. The number of benzene rings is 2. The summed E-state index contributed by atoms with van der Waals surface area (Å²) in [5.74, 6) is -1.85. The average Bonchev–Trinajstić information content (AvgIpc) is 2.89. The highest BCUT2D eigenvalue weighted by Gasteiger charge is 2.39. The van der Waals surface area contributed by atoms with Crippen LogP contribution in [-0.4, -0.2) is 35.2 Å². The van der Waals surface area contributed by atoms with Gasteiger partial charge in [0.05, 0.1) is 17.7 Å². The van der Waals surface area contributed by atoms with Gasteiger partial charge in [-0.15, -0.1) is 11.8 Å². The molecule has 0 saturated carbocycles. The Morgan fingerprint density at radius 1 is 1.20 bits per heavy atom. The van der Waals surface area contributed by atoms with Gasteiger partial charge in [0.1, 0.15) is 6.04 Å². The van der Waals surface area contributed by atoms with E-state index in [2.05, 4.69) is 5.32 Å². The molecule has 1 aliphatic rings. The zero-order valence-corrected chi connectivity index (χ0v) is 14.2. The molecule has 0 aromatic heterocycles. The highest BCUT2D eigenvalue weighted by molar-refractivity contribution is 7.98. The van der Waals surface area contributed by atoms with Gasteiger partial charge in [-0.2, -0.15) is 0 Å². The van der Waals surface area contributed by atoms with Crippen molar-refractivity contribution in [2.45, 2.75) is 17.4 Å². The predicted molar refractivity (Wildman–Crippen MR) is 96.1 cm³/mol. The first-order valence-electron chi connectivity index (χ1n) is 7.60. The summed E-state index contributed by atoms with van der Waals surface area (Å²) in [6.07, 6.45) is 2.01. The molecule has 2 aromatic rings. The maximum atomic E-state index is 12.6. The lowest BCUT2D eigenvalue weighted by atomic mass is 10.2. The summed E-state index contributed by atoms with van der Waals surface area (Å²) in [4.78, 5) is 38.1. The van der Waals surface area contributed by atoms with Crippen molar-refractivity contribution in [3.8, 4) is 0 Å². The third-order valence-corrected chi connectivity index (χ3v) is 4.67. The SMILES string of the molecule is CSc1ccc(NC2CC(=O)N(c3cccc(C(=O)O)c3)C2=O)cc1. The summed E-state index contributed by atoms with van der Waals surface area (Å²) in [6.45, 7) is 0. The molecule has 2 aromatic carbocycles. The van der Waals surface area contributed by atoms with Crippen molar-refractivity contribution < 1.29 is 19.5 Å². The van der Waals surface area contributed by atoms with E-state index in [1.807, 2.05) is 30.5 Å². The van der Waals surface area contributed by atoms with Crippen molar-refractivity contribution in [3.05, 3.63) is 54.1 Å². The van der Waals surface area contributed by atoms with Gasteiger partial charge in [-0.3, -0.25) is 9.59 Å². The van der Waals surface area contributed by atoms with Gasteiger partial charge in [-0.25, -0.2) is 9.69 Å². The van der Waals surface area contributed by atoms with E-state index >= 15 is 0 Å². The van der Waals surface area contributed by atoms with Crippen molar-refractivity contribution in [2.24, 2.45) is 0 Å². The molecule has 1 saturated heterocycles. The smallest absolute Gasteiger partial charge is 0.335 e. The molecule has 1 atom stereocenters. The van der Waals surface area contributed by atoms with Gasteiger partial charge in [0.2, 0.25) is 5.91 Å². The molecule has 25 heavy (non-hydrogen) atoms. The van der Waals surface area contributed by atoms with Crippen LogP contribution in [0.25, 0.3) is 0 Å². The molecule has 3 rings (SSSR count). The van der Waals surface area contributed by atoms with E-state index < -0.39 is 12.0 Å². The van der Waals surface area contributed by atoms with Gasteiger partial charge in [0.25, 0.3) is 5.91 Å². The Morgan fingerprint density at radius 3 is 2.56 bits per heavy atom. The molecule has 1 aliphatic heterocycles. The van der Waals surface area contributed by atoms with Crippen molar-refractivity contribution in [2.75, 3.05) is 16.5 Å². The fraction of sp³-hybridized carbons (Fsp3) is 0.167. The number of nitrogens with zero attached hydrogens (tertiary/aromatic N) is 1. The minimum absolute atomic E-state index is 0.0282. The van der Waals surface area contributed by atoms with Gasteiger partial charge < -0.3 is 10.4 Å². The maximum absolute atomic E-state index is 12.6. The number of carboxylic acid groups (broad SMARTS) is 1. The van der Waals surface area contributed by atoms with Gasteiger partial charge in [0, 0.05) is 10.6 Å². The van der Waals surface area contributed by atoms with Crippen LogP contribution in [0.4, 0.5) is 11.4 Å². The van der Waals surface area contributed by atoms with Crippen molar-refractivity contribution in [3.63, 3.8) is 0 Å². The number of rotatable bonds is 5. The first-order chi connectivity index (χ1) is 12.0. The summed E-state index contributed by atoms with van der Waals surface area (Å²) >= 11 is 1.62. The Labute approximate surface area is 148 Å². The van der Waals surface area contributed by atoms with E-state index in [1.165, 1.54) is 18.2 Å². The molecular formula is C18H16N2O4S. The van der Waals surface area contributed by atoms with Crippen LogP contribution in [0.15, 0.2) is 53.4 Å². The predicted octanol–water partition coefficient (Wildman–Crippen LogP) is 2.85. The number of anilines is 2. The monoisotopic (exact) mass is 356 g/mol. The molecule has 0 aliphatic carbocycles. The van der Waals surface area contributed by atoms with Crippen LogP contribution in [0.2, 0.25) is 0 Å². The number of hydrogen-bond donors (Lipinski definition) is 2. The molecule has 2 amide bonds. The number of nitrogens with one attached hydrogen (secondary N) is 1. The van der Waals surface area contributed by atoms with Crippen LogP contribution in [0.3, 0.4) is 0 Å². The minimum Gasteiger partial charge on any atom is -0.478 e. The molecule has 128 valence electrons. The fourth-order valence-electron chi connectivity index (χ4n) is 2.68. The lowest BCUT2D eigenvalue weighted by molar-refractivity contribution is -0.121. The molecular weight excluding hydrogens is 340 g/mol. The largest absolute Gasteiger partial charge is 0.478 e. The second-order valence-corrected chi connectivity index (χ2v) is 6.43. The van der Waals surface area contributed by atoms with Crippen molar-refractivity contribution >= 4 is 40.9 Å².